The van der Waals surface area contributed by atoms with E-state index in [1.54, 1.807) is 19.1 Å². The van der Waals surface area contributed by atoms with E-state index >= 15 is 0 Å². The van der Waals surface area contributed by atoms with Crippen molar-refractivity contribution in [2.45, 2.75) is 31.7 Å². The lowest BCUT2D eigenvalue weighted by Gasteiger charge is -2.18. The first-order valence-electron chi connectivity index (χ1n) is 8.57. The third kappa shape index (κ3) is 5.28. The molecular weight excluding hydrogens is 390 g/mol. The third-order valence-corrected chi connectivity index (χ3v) is 5.67. The van der Waals surface area contributed by atoms with Gasteiger partial charge >= 0.3 is 0 Å². The highest BCUT2D eigenvalue weighted by Gasteiger charge is 2.21. The van der Waals surface area contributed by atoms with Gasteiger partial charge in [0.15, 0.2) is 11.5 Å². The van der Waals surface area contributed by atoms with E-state index in [0.29, 0.717) is 30.5 Å². The summed E-state index contributed by atoms with van der Waals surface area (Å²) < 4.78 is 44.2. The molecule has 0 aliphatic heterocycles. The highest BCUT2D eigenvalue weighted by Crippen LogP contribution is 2.32. The van der Waals surface area contributed by atoms with Crippen molar-refractivity contribution in [3.8, 4) is 17.2 Å². The molecule has 27 heavy (non-hydrogen) atoms. The lowest BCUT2D eigenvalue weighted by molar-refractivity contribution is 0.287. The highest BCUT2D eigenvalue weighted by atomic mass is 35.5. The Bertz CT molecular complexity index is 886. The largest absolute Gasteiger partial charge is 0.495 e. The van der Waals surface area contributed by atoms with Gasteiger partial charge in [0.05, 0.1) is 30.2 Å². The van der Waals surface area contributed by atoms with Gasteiger partial charge < -0.3 is 14.2 Å². The van der Waals surface area contributed by atoms with Crippen molar-refractivity contribution < 1.29 is 22.6 Å². The molecule has 0 saturated carbocycles. The van der Waals surface area contributed by atoms with E-state index in [4.69, 9.17) is 25.8 Å². The minimum absolute atomic E-state index is 0.0659. The van der Waals surface area contributed by atoms with Crippen molar-refractivity contribution in [3.05, 3.63) is 47.0 Å². The van der Waals surface area contributed by atoms with E-state index < -0.39 is 16.1 Å². The van der Waals surface area contributed by atoms with E-state index in [1.165, 1.54) is 25.3 Å². The first-order chi connectivity index (χ1) is 12.8. The molecule has 1 unspecified atom stereocenters. The van der Waals surface area contributed by atoms with Gasteiger partial charge in [0.1, 0.15) is 5.75 Å². The number of ether oxygens (including phenoxy) is 3. The molecule has 0 aromatic heterocycles. The molecule has 0 heterocycles. The number of hydrogen-bond donors (Lipinski definition) is 1. The van der Waals surface area contributed by atoms with Crippen molar-refractivity contribution in [1.82, 2.24) is 4.72 Å². The number of nitrogens with one attached hydrogen (secondary N) is 1. The SMILES string of the molecule is CCOc1ccc(C(C)NS(=O)(=O)c2ccc(OC)c(Cl)c2)cc1OCC. The topological polar surface area (TPSA) is 73.9 Å². The van der Waals surface area contributed by atoms with Gasteiger partial charge in [-0.25, -0.2) is 13.1 Å². The molecule has 0 amide bonds. The van der Waals surface area contributed by atoms with Crippen LogP contribution in [-0.2, 0) is 10.0 Å². The van der Waals surface area contributed by atoms with Crippen LogP contribution in [0.2, 0.25) is 5.02 Å². The number of halogens is 1. The Balaban J connectivity index is 2.26. The van der Waals surface area contributed by atoms with Crippen LogP contribution in [0, 0.1) is 0 Å². The Kier molecular flexibility index (Phi) is 7.35. The maximum absolute atomic E-state index is 12.7. The lowest BCUT2D eigenvalue weighted by atomic mass is 10.1. The van der Waals surface area contributed by atoms with Crippen LogP contribution in [0.15, 0.2) is 41.3 Å². The fourth-order valence-electron chi connectivity index (χ4n) is 2.52. The molecule has 0 spiro atoms. The molecule has 148 valence electrons. The van der Waals surface area contributed by atoms with Crippen molar-refractivity contribution in [3.63, 3.8) is 0 Å². The molecule has 0 saturated heterocycles. The average Bonchev–Trinajstić information content (AvgIpc) is 2.63. The minimum atomic E-state index is -3.76. The Hall–Kier alpha value is -1.96. The van der Waals surface area contributed by atoms with E-state index in [1.807, 2.05) is 19.9 Å². The van der Waals surface area contributed by atoms with Crippen molar-refractivity contribution in [1.29, 1.82) is 0 Å². The fourth-order valence-corrected chi connectivity index (χ4v) is 4.10. The van der Waals surface area contributed by atoms with Gasteiger partial charge in [-0.2, -0.15) is 0 Å². The van der Waals surface area contributed by atoms with Gasteiger partial charge in [0, 0.05) is 6.04 Å². The van der Waals surface area contributed by atoms with Crippen LogP contribution in [-0.4, -0.2) is 28.7 Å². The molecule has 2 rings (SSSR count). The zero-order chi connectivity index (χ0) is 20.0. The Morgan fingerprint density at radius 3 is 2.22 bits per heavy atom. The molecule has 8 heteroatoms. The van der Waals surface area contributed by atoms with E-state index in [-0.39, 0.29) is 9.92 Å². The predicted molar refractivity (Wildman–Crippen MR) is 106 cm³/mol. The van der Waals surface area contributed by atoms with E-state index in [0.717, 1.165) is 5.56 Å². The number of rotatable bonds is 9. The summed E-state index contributed by atoms with van der Waals surface area (Å²) in [6.07, 6.45) is 0. The first-order valence-corrected chi connectivity index (χ1v) is 10.4. The summed E-state index contributed by atoms with van der Waals surface area (Å²) in [5.74, 6) is 1.62. The summed E-state index contributed by atoms with van der Waals surface area (Å²) in [5, 5.41) is 0.229. The van der Waals surface area contributed by atoms with E-state index in [9.17, 15) is 8.42 Å². The number of hydrogen-bond acceptors (Lipinski definition) is 5. The first kappa shape index (κ1) is 21.3. The van der Waals surface area contributed by atoms with Crippen LogP contribution in [0.4, 0.5) is 0 Å². The number of benzene rings is 2. The van der Waals surface area contributed by atoms with Crippen LogP contribution in [0.5, 0.6) is 17.2 Å². The number of methoxy groups -OCH3 is 1. The molecule has 0 aliphatic rings. The van der Waals surface area contributed by atoms with Crippen LogP contribution in [0.3, 0.4) is 0 Å². The van der Waals surface area contributed by atoms with Gasteiger partial charge in [-0.3, -0.25) is 0 Å². The van der Waals surface area contributed by atoms with Crippen molar-refractivity contribution >= 4 is 21.6 Å². The lowest BCUT2D eigenvalue weighted by Crippen LogP contribution is -2.27. The molecule has 0 bridgehead atoms. The summed E-state index contributed by atoms with van der Waals surface area (Å²) in [5.41, 5.74) is 0.755. The Morgan fingerprint density at radius 1 is 1.00 bits per heavy atom. The van der Waals surface area contributed by atoms with E-state index in [2.05, 4.69) is 4.72 Å². The van der Waals surface area contributed by atoms with Gasteiger partial charge in [-0.15, -0.1) is 0 Å². The standard InChI is InChI=1S/C19H24ClNO5S/c1-5-25-18-9-7-14(11-19(18)26-6-2)13(3)21-27(22,23)15-8-10-17(24-4)16(20)12-15/h7-13,21H,5-6H2,1-4H3. The normalized spacial score (nSPS) is 12.5. The number of sulfonamides is 1. The predicted octanol–water partition coefficient (Wildman–Crippen LogP) is 4.19. The van der Waals surface area contributed by atoms with Crippen LogP contribution < -0.4 is 18.9 Å². The van der Waals surface area contributed by atoms with Gasteiger partial charge in [-0.1, -0.05) is 17.7 Å². The second-order valence-electron chi connectivity index (χ2n) is 5.71. The Labute approximate surface area is 165 Å². The minimum Gasteiger partial charge on any atom is -0.495 e. The molecule has 1 N–H and O–H groups in total. The fraction of sp³-hybridized carbons (Fsp3) is 0.368. The second kappa shape index (κ2) is 9.30. The van der Waals surface area contributed by atoms with Crippen molar-refractivity contribution in [2.24, 2.45) is 0 Å². The molecule has 0 aliphatic carbocycles. The smallest absolute Gasteiger partial charge is 0.241 e. The second-order valence-corrected chi connectivity index (χ2v) is 7.83. The summed E-state index contributed by atoms with van der Waals surface area (Å²) in [7, 11) is -2.29. The molecule has 6 nitrogen and oxygen atoms in total. The van der Waals surface area contributed by atoms with Crippen LogP contribution in [0.1, 0.15) is 32.4 Å². The molecular formula is C19H24ClNO5S. The summed E-state index contributed by atoms with van der Waals surface area (Å²) in [6.45, 7) is 6.52. The molecule has 0 fully saturated rings. The zero-order valence-corrected chi connectivity index (χ0v) is 17.4. The van der Waals surface area contributed by atoms with Gasteiger partial charge in [0.2, 0.25) is 10.0 Å². The highest BCUT2D eigenvalue weighted by molar-refractivity contribution is 7.89. The third-order valence-electron chi connectivity index (χ3n) is 3.83. The maximum atomic E-state index is 12.7. The zero-order valence-electron chi connectivity index (χ0n) is 15.8. The maximum Gasteiger partial charge on any atom is 0.241 e. The average molecular weight is 414 g/mol. The van der Waals surface area contributed by atoms with Gasteiger partial charge in [0.25, 0.3) is 0 Å². The van der Waals surface area contributed by atoms with Gasteiger partial charge in [-0.05, 0) is 56.7 Å². The van der Waals surface area contributed by atoms with Crippen LogP contribution >= 0.6 is 11.6 Å². The molecule has 2 aromatic rings. The molecule has 0 radical (unpaired) electrons. The quantitative estimate of drug-likeness (QED) is 0.667. The Morgan fingerprint density at radius 2 is 1.63 bits per heavy atom. The summed E-state index contributed by atoms with van der Waals surface area (Å²) >= 11 is 6.04. The monoisotopic (exact) mass is 413 g/mol. The summed E-state index contributed by atoms with van der Waals surface area (Å²) in [4.78, 5) is 0.0659. The van der Waals surface area contributed by atoms with Crippen molar-refractivity contribution in [2.75, 3.05) is 20.3 Å². The molecule has 1 atom stereocenters. The van der Waals surface area contributed by atoms with Crippen LogP contribution in [0.25, 0.3) is 0 Å². The summed E-state index contributed by atoms with van der Waals surface area (Å²) in [6, 6.07) is 9.21. The molecule has 2 aromatic carbocycles.